The molecule has 37 heavy (non-hydrogen) atoms. The maximum atomic E-state index is 13.6. The second-order valence-electron chi connectivity index (χ2n) is 10.4. The molecule has 0 amide bonds. The number of halogens is 6. The molecular weight excluding hydrogens is 498 g/mol. The molecule has 10 heteroatoms. The number of hydrogen-bond acceptors (Lipinski definition) is 4. The van der Waals surface area contributed by atoms with E-state index in [9.17, 15) is 36.0 Å². The SMILES string of the molecule is CCCC1(CCCC(=O)c2ccc(C(C)(C)N=O)cc2)C2=CC=C(C(F)(F)F)C2CCN1CC(F)(F)F. The van der Waals surface area contributed by atoms with Gasteiger partial charge in [-0.3, -0.25) is 9.69 Å². The zero-order chi connectivity index (χ0) is 27.6. The van der Waals surface area contributed by atoms with Crippen LogP contribution in [0.4, 0.5) is 26.3 Å². The third-order valence-corrected chi connectivity index (χ3v) is 7.52. The number of alkyl halides is 6. The Balaban J connectivity index is 1.82. The Hall–Kier alpha value is -2.49. The van der Waals surface area contributed by atoms with Gasteiger partial charge >= 0.3 is 12.4 Å². The maximum absolute atomic E-state index is 13.6. The summed E-state index contributed by atoms with van der Waals surface area (Å²) in [4.78, 5) is 25.2. The third kappa shape index (κ3) is 6.33. The average molecular weight is 531 g/mol. The van der Waals surface area contributed by atoms with Crippen molar-refractivity contribution < 1.29 is 31.1 Å². The maximum Gasteiger partial charge on any atom is 0.413 e. The lowest BCUT2D eigenvalue weighted by molar-refractivity contribution is -0.163. The van der Waals surface area contributed by atoms with E-state index in [0.717, 1.165) is 6.08 Å². The van der Waals surface area contributed by atoms with E-state index in [1.807, 2.05) is 0 Å². The van der Waals surface area contributed by atoms with Crippen molar-refractivity contribution in [2.24, 2.45) is 11.1 Å². The van der Waals surface area contributed by atoms with Crippen molar-refractivity contribution in [3.05, 3.63) is 63.6 Å². The number of benzene rings is 1. The van der Waals surface area contributed by atoms with E-state index >= 15 is 0 Å². The van der Waals surface area contributed by atoms with Gasteiger partial charge in [-0.15, -0.1) is 4.91 Å². The molecule has 0 radical (unpaired) electrons. The fourth-order valence-corrected chi connectivity index (χ4v) is 5.74. The molecule has 1 aromatic carbocycles. The van der Waals surface area contributed by atoms with Gasteiger partial charge in [-0.2, -0.15) is 26.3 Å². The van der Waals surface area contributed by atoms with Crippen molar-refractivity contribution in [1.29, 1.82) is 0 Å². The number of Topliss-reactive ketones (excluding diaryl/α,β-unsaturated/α-hetero) is 1. The number of allylic oxidation sites excluding steroid dienone is 3. The van der Waals surface area contributed by atoms with Gasteiger partial charge in [0.15, 0.2) is 5.78 Å². The van der Waals surface area contributed by atoms with Gasteiger partial charge in [0.1, 0.15) is 5.54 Å². The van der Waals surface area contributed by atoms with Crippen molar-refractivity contribution in [2.45, 2.75) is 82.7 Å². The lowest BCUT2D eigenvalue weighted by Gasteiger charge is -2.52. The van der Waals surface area contributed by atoms with E-state index in [4.69, 9.17) is 0 Å². The Morgan fingerprint density at radius 2 is 1.70 bits per heavy atom. The molecule has 0 bridgehead atoms. The monoisotopic (exact) mass is 530 g/mol. The lowest BCUT2D eigenvalue weighted by atomic mass is 9.69. The second kappa shape index (κ2) is 10.7. The summed E-state index contributed by atoms with van der Waals surface area (Å²) in [5.41, 5.74) is -1.47. The van der Waals surface area contributed by atoms with Crippen molar-refractivity contribution in [1.82, 2.24) is 4.90 Å². The summed E-state index contributed by atoms with van der Waals surface area (Å²) in [7, 11) is 0. The van der Waals surface area contributed by atoms with E-state index in [1.54, 1.807) is 45.0 Å². The van der Waals surface area contributed by atoms with Gasteiger partial charge in [-0.1, -0.05) is 54.9 Å². The van der Waals surface area contributed by atoms with Crippen LogP contribution in [-0.4, -0.2) is 41.7 Å². The fourth-order valence-electron chi connectivity index (χ4n) is 5.74. The Kier molecular flexibility index (Phi) is 8.41. The molecule has 204 valence electrons. The van der Waals surface area contributed by atoms with Crippen LogP contribution >= 0.6 is 0 Å². The predicted molar refractivity (Wildman–Crippen MR) is 129 cm³/mol. The van der Waals surface area contributed by atoms with Crippen LogP contribution in [0.5, 0.6) is 0 Å². The lowest BCUT2D eigenvalue weighted by Crippen LogP contribution is -2.58. The average Bonchev–Trinajstić information content (AvgIpc) is 3.26. The molecule has 0 aromatic heterocycles. The van der Waals surface area contributed by atoms with Crippen molar-refractivity contribution in [3.63, 3.8) is 0 Å². The molecule has 2 unspecified atom stereocenters. The predicted octanol–water partition coefficient (Wildman–Crippen LogP) is 7.89. The highest BCUT2D eigenvalue weighted by Crippen LogP contribution is 2.52. The van der Waals surface area contributed by atoms with Crippen LogP contribution in [0.1, 0.15) is 75.2 Å². The molecule has 0 N–H and O–H groups in total. The summed E-state index contributed by atoms with van der Waals surface area (Å²) in [5, 5.41) is 3.07. The molecule has 3 rings (SSSR count). The smallest absolute Gasteiger partial charge is 0.294 e. The molecule has 1 heterocycles. The molecule has 2 atom stereocenters. The summed E-state index contributed by atoms with van der Waals surface area (Å²) in [6, 6.07) is 6.44. The molecule has 1 aromatic rings. The first-order valence-electron chi connectivity index (χ1n) is 12.4. The minimum absolute atomic E-state index is 0.0318. The van der Waals surface area contributed by atoms with Crippen LogP contribution in [-0.2, 0) is 5.54 Å². The number of piperidine rings is 1. The van der Waals surface area contributed by atoms with Crippen LogP contribution in [0.25, 0.3) is 0 Å². The molecule has 1 fully saturated rings. The Bertz CT molecular complexity index is 1060. The zero-order valence-corrected chi connectivity index (χ0v) is 21.2. The number of carbonyl (C=O) groups excluding carboxylic acids is 1. The molecule has 4 nitrogen and oxygen atoms in total. The van der Waals surface area contributed by atoms with Gasteiger partial charge in [0.25, 0.3) is 0 Å². The number of carbonyl (C=O) groups is 1. The highest BCUT2D eigenvalue weighted by atomic mass is 19.4. The van der Waals surface area contributed by atoms with E-state index in [0.29, 0.717) is 23.1 Å². The summed E-state index contributed by atoms with van der Waals surface area (Å²) in [5.74, 6) is -1.19. The van der Waals surface area contributed by atoms with Gasteiger partial charge in [-0.25, -0.2) is 0 Å². The minimum Gasteiger partial charge on any atom is -0.294 e. The van der Waals surface area contributed by atoms with Crippen molar-refractivity contribution in [2.75, 3.05) is 13.1 Å². The molecular formula is C27H32F6N2O2. The normalized spacial score (nSPS) is 22.9. The molecule has 1 aliphatic heterocycles. The van der Waals surface area contributed by atoms with Crippen LogP contribution < -0.4 is 0 Å². The second-order valence-corrected chi connectivity index (χ2v) is 10.4. The largest absolute Gasteiger partial charge is 0.413 e. The summed E-state index contributed by atoms with van der Waals surface area (Å²) in [6.45, 7) is 3.77. The molecule has 2 aliphatic rings. The summed E-state index contributed by atoms with van der Waals surface area (Å²) < 4.78 is 81.5. The van der Waals surface area contributed by atoms with Crippen LogP contribution in [0.3, 0.4) is 0 Å². The first-order chi connectivity index (χ1) is 17.1. The first kappa shape index (κ1) is 29.1. The Morgan fingerprint density at radius 1 is 1.05 bits per heavy atom. The van der Waals surface area contributed by atoms with E-state index in [2.05, 4.69) is 5.18 Å². The van der Waals surface area contributed by atoms with Crippen LogP contribution in [0, 0.1) is 10.8 Å². The number of hydrogen-bond donors (Lipinski definition) is 0. The van der Waals surface area contributed by atoms with Gasteiger partial charge in [0, 0.05) is 35.6 Å². The van der Waals surface area contributed by atoms with E-state index in [-0.39, 0.29) is 44.4 Å². The number of nitrogens with zero attached hydrogens (tertiary/aromatic N) is 2. The highest BCUT2D eigenvalue weighted by molar-refractivity contribution is 5.96. The van der Waals surface area contributed by atoms with Gasteiger partial charge in [-0.05, 0) is 50.7 Å². The minimum atomic E-state index is -4.55. The van der Waals surface area contributed by atoms with Crippen molar-refractivity contribution >= 4 is 5.78 Å². The molecule has 1 saturated heterocycles. The first-order valence-corrected chi connectivity index (χ1v) is 12.4. The Morgan fingerprint density at radius 3 is 2.24 bits per heavy atom. The summed E-state index contributed by atoms with van der Waals surface area (Å²) >= 11 is 0. The standard InChI is InChI=1S/C27H32F6N2O2/c1-4-14-25(15-5-6-23(36)18-7-9-19(10-8-18)24(2,3)34-37)21-11-12-22(27(31,32)33)20(21)13-16-35(25)17-26(28,29)30/h7-12,20H,4-6,13-17H2,1-3H3. The molecule has 0 spiro atoms. The van der Waals surface area contributed by atoms with Gasteiger partial charge < -0.3 is 0 Å². The number of ketones is 1. The van der Waals surface area contributed by atoms with E-state index in [1.165, 1.54) is 11.0 Å². The summed E-state index contributed by atoms with van der Waals surface area (Å²) in [6.07, 6.45) is -5.58. The Labute approximate surface area is 212 Å². The quantitative estimate of drug-likeness (QED) is 0.176. The fraction of sp³-hybridized carbons (Fsp3) is 0.593. The van der Waals surface area contributed by atoms with Crippen LogP contribution in [0.2, 0.25) is 0 Å². The third-order valence-electron chi connectivity index (χ3n) is 7.52. The number of nitroso groups, excluding NO2 is 1. The van der Waals surface area contributed by atoms with Crippen molar-refractivity contribution in [3.8, 4) is 0 Å². The highest BCUT2D eigenvalue weighted by Gasteiger charge is 2.53. The number of fused-ring (bicyclic) bond motifs is 1. The van der Waals surface area contributed by atoms with Crippen LogP contribution in [0.15, 0.2) is 52.7 Å². The zero-order valence-electron chi connectivity index (χ0n) is 21.2. The number of rotatable bonds is 10. The van der Waals surface area contributed by atoms with Gasteiger partial charge in [0.05, 0.1) is 6.54 Å². The van der Waals surface area contributed by atoms with E-state index < -0.39 is 41.5 Å². The van der Waals surface area contributed by atoms with Gasteiger partial charge in [0.2, 0.25) is 0 Å². The molecule has 1 aliphatic carbocycles. The molecule has 0 saturated carbocycles. The number of likely N-dealkylation sites (tertiary alicyclic amines) is 1. The topological polar surface area (TPSA) is 49.7 Å².